The van der Waals surface area contributed by atoms with Crippen LogP contribution in [0.15, 0.2) is 212 Å². The van der Waals surface area contributed by atoms with Gasteiger partial charge in [-0.15, -0.1) is 0 Å². The van der Waals surface area contributed by atoms with Crippen LogP contribution in [0.25, 0.3) is 115 Å². The largest absolute Gasteiger partial charge is 0.309 e. The van der Waals surface area contributed by atoms with Crippen LogP contribution >= 0.6 is 0 Å². The highest BCUT2D eigenvalue weighted by atomic mass is 15.0. The fourth-order valence-corrected chi connectivity index (χ4v) is 10.1. The molecule has 0 bridgehead atoms. The Morgan fingerprint density at radius 1 is 0.254 bits per heavy atom. The summed E-state index contributed by atoms with van der Waals surface area (Å²) in [6, 6.07) is 78.0. The lowest BCUT2D eigenvalue weighted by molar-refractivity contribution is 1.18. The molecule has 0 fully saturated rings. The minimum atomic E-state index is 1.14. The SMILES string of the molecule is c1cc(-c2ccc(-n3c4ccccc4c4ccccc43)cc2)cc(-n2c3ccccc3c3ccc4c(c5ccccc5n4-c4cc5ccccc5c5ccccc45)c32)c1. The molecular formula is C56H35N3. The van der Waals surface area contributed by atoms with Crippen LogP contribution in [0.5, 0.6) is 0 Å². The molecule has 3 aromatic heterocycles. The summed E-state index contributed by atoms with van der Waals surface area (Å²) in [5.41, 5.74) is 13.1. The molecule has 3 nitrogen and oxygen atoms in total. The molecule has 13 rings (SSSR count). The van der Waals surface area contributed by atoms with Crippen LogP contribution in [-0.2, 0) is 0 Å². The van der Waals surface area contributed by atoms with Crippen LogP contribution in [0.4, 0.5) is 0 Å². The van der Waals surface area contributed by atoms with Crippen molar-refractivity contribution in [3.05, 3.63) is 212 Å². The maximum atomic E-state index is 2.50. The average Bonchev–Trinajstić information content (AvgIpc) is 3.95. The van der Waals surface area contributed by atoms with Gasteiger partial charge in [0.1, 0.15) is 0 Å². The number of para-hydroxylation sites is 4. The first kappa shape index (κ1) is 32.2. The quantitative estimate of drug-likeness (QED) is 0.159. The highest BCUT2D eigenvalue weighted by Crippen LogP contribution is 2.44. The molecule has 0 aliphatic heterocycles. The highest BCUT2D eigenvalue weighted by molar-refractivity contribution is 6.27. The maximum absolute atomic E-state index is 2.50. The normalized spacial score (nSPS) is 12.1. The molecule has 3 heteroatoms. The number of nitrogens with zero attached hydrogens (tertiary/aromatic N) is 3. The minimum absolute atomic E-state index is 1.14. The van der Waals surface area contributed by atoms with Gasteiger partial charge in [-0.05, 0) is 87.9 Å². The van der Waals surface area contributed by atoms with E-state index in [4.69, 9.17) is 0 Å². The lowest BCUT2D eigenvalue weighted by Crippen LogP contribution is -1.97. The minimum Gasteiger partial charge on any atom is -0.309 e. The Hall–Kier alpha value is -7.88. The molecule has 0 aliphatic rings. The van der Waals surface area contributed by atoms with E-state index in [-0.39, 0.29) is 0 Å². The number of benzene rings is 10. The van der Waals surface area contributed by atoms with Crippen molar-refractivity contribution in [3.8, 4) is 28.2 Å². The van der Waals surface area contributed by atoms with Gasteiger partial charge in [-0.3, -0.25) is 0 Å². The zero-order chi connectivity index (χ0) is 38.6. The van der Waals surface area contributed by atoms with Crippen molar-refractivity contribution in [2.75, 3.05) is 0 Å². The second-order valence-corrected chi connectivity index (χ2v) is 15.7. The first-order chi connectivity index (χ1) is 29.3. The Kier molecular flexibility index (Phi) is 6.72. The number of hydrogen-bond donors (Lipinski definition) is 0. The first-order valence-electron chi connectivity index (χ1n) is 20.4. The van der Waals surface area contributed by atoms with Gasteiger partial charge in [0.15, 0.2) is 0 Å². The van der Waals surface area contributed by atoms with Gasteiger partial charge in [0.05, 0.1) is 38.8 Å². The van der Waals surface area contributed by atoms with Crippen LogP contribution in [-0.4, -0.2) is 13.7 Å². The summed E-state index contributed by atoms with van der Waals surface area (Å²) in [6.45, 7) is 0. The summed E-state index contributed by atoms with van der Waals surface area (Å²) in [5.74, 6) is 0. The summed E-state index contributed by atoms with van der Waals surface area (Å²) < 4.78 is 7.37. The van der Waals surface area contributed by atoms with E-state index in [9.17, 15) is 0 Å². The van der Waals surface area contributed by atoms with Crippen LogP contribution in [0.2, 0.25) is 0 Å². The van der Waals surface area contributed by atoms with Gasteiger partial charge in [-0.25, -0.2) is 0 Å². The van der Waals surface area contributed by atoms with E-state index in [2.05, 4.69) is 226 Å². The molecule has 0 saturated heterocycles. The third kappa shape index (κ3) is 4.58. The molecule has 0 spiro atoms. The highest BCUT2D eigenvalue weighted by Gasteiger charge is 2.22. The van der Waals surface area contributed by atoms with Crippen molar-refractivity contribution in [2.24, 2.45) is 0 Å². The van der Waals surface area contributed by atoms with E-state index in [1.54, 1.807) is 0 Å². The molecule has 0 aliphatic carbocycles. The number of rotatable bonds is 4. The van der Waals surface area contributed by atoms with E-state index in [1.165, 1.54) is 104 Å². The fourth-order valence-electron chi connectivity index (χ4n) is 10.1. The van der Waals surface area contributed by atoms with Gasteiger partial charge in [-0.1, -0.05) is 152 Å². The van der Waals surface area contributed by atoms with Crippen LogP contribution < -0.4 is 0 Å². The summed E-state index contributed by atoms with van der Waals surface area (Å²) in [7, 11) is 0. The summed E-state index contributed by atoms with van der Waals surface area (Å²) in [5, 5.41) is 12.6. The summed E-state index contributed by atoms with van der Waals surface area (Å²) in [6.07, 6.45) is 0. The fraction of sp³-hybridized carbons (Fsp3) is 0. The van der Waals surface area contributed by atoms with Crippen molar-refractivity contribution >= 4 is 87.0 Å². The molecule has 0 unspecified atom stereocenters. The Balaban J connectivity index is 1.03. The van der Waals surface area contributed by atoms with Crippen molar-refractivity contribution in [3.63, 3.8) is 0 Å². The second kappa shape index (κ2) is 12.3. The summed E-state index contributed by atoms with van der Waals surface area (Å²) in [4.78, 5) is 0. The third-order valence-electron chi connectivity index (χ3n) is 12.6. The Bertz CT molecular complexity index is 3780. The smallest absolute Gasteiger partial charge is 0.0641 e. The molecule has 13 aromatic rings. The van der Waals surface area contributed by atoms with E-state index in [0.29, 0.717) is 0 Å². The molecule has 10 aromatic carbocycles. The van der Waals surface area contributed by atoms with E-state index < -0.39 is 0 Å². The number of fused-ring (bicyclic) bond motifs is 13. The number of aromatic nitrogens is 3. The molecule has 3 heterocycles. The van der Waals surface area contributed by atoms with Gasteiger partial charge in [0.2, 0.25) is 0 Å². The van der Waals surface area contributed by atoms with Gasteiger partial charge in [-0.2, -0.15) is 0 Å². The molecular weight excluding hydrogens is 715 g/mol. The number of hydrogen-bond acceptors (Lipinski definition) is 0. The van der Waals surface area contributed by atoms with Crippen LogP contribution in [0.3, 0.4) is 0 Å². The average molecular weight is 750 g/mol. The Morgan fingerprint density at radius 3 is 1.49 bits per heavy atom. The monoisotopic (exact) mass is 749 g/mol. The van der Waals surface area contributed by atoms with Crippen molar-refractivity contribution in [1.29, 1.82) is 0 Å². The molecule has 0 N–H and O–H groups in total. The van der Waals surface area contributed by atoms with Crippen molar-refractivity contribution < 1.29 is 0 Å². The maximum Gasteiger partial charge on any atom is 0.0641 e. The first-order valence-corrected chi connectivity index (χ1v) is 20.4. The molecule has 0 saturated carbocycles. The predicted octanol–water partition coefficient (Wildman–Crippen LogP) is 15.0. The van der Waals surface area contributed by atoms with Crippen LogP contribution in [0, 0.1) is 0 Å². The van der Waals surface area contributed by atoms with Crippen molar-refractivity contribution in [1.82, 2.24) is 13.7 Å². The Labute approximate surface area is 339 Å². The summed E-state index contributed by atoms with van der Waals surface area (Å²) >= 11 is 0. The lowest BCUT2D eigenvalue weighted by atomic mass is 10.00. The Morgan fingerprint density at radius 2 is 0.797 bits per heavy atom. The molecule has 0 amide bonds. The molecule has 59 heavy (non-hydrogen) atoms. The topological polar surface area (TPSA) is 14.8 Å². The second-order valence-electron chi connectivity index (χ2n) is 15.7. The zero-order valence-corrected chi connectivity index (χ0v) is 32.0. The van der Waals surface area contributed by atoms with Crippen LogP contribution in [0.1, 0.15) is 0 Å². The molecule has 0 atom stereocenters. The van der Waals surface area contributed by atoms with E-state index in [0.717, 1.165) is 11.4 Å². The van der Waals surface area contributed by atoms with E-state index in [1.807, 2.05) is 0 Å². The van der Waals surface area contributed by atoms with Gasteiger partial charge in [0, 0.05) is 49.1 Å². The zero-order valence-electron chi connectivity index (χ0n) is 32.0. The standard InChI is InChI=1S/C56H35N3/c1-2-17-41-38(14-1)35-54(43-19-4-3-18-42(41)43)59-52-27-12-8-23-48(52)55-53(59)33-32-47-46-22-7-11-26-51(46)58(56(47)55)40-16-13-15-37(34-40)36-28-30-39(31-29-36)57-49-24-9-5-20-44(49)45-21-6-10-25-50(45)57/h1-35H. The predicted molar refractivity (Wildman–Crippen MR) is 250 cm³/mol. The van der Waals surface area contributed by atoms with Gasteiger partial charge < -0.3 is 13.7 Å². The molecule has 274 valence electrons. The van der Waals surface area contributed by atoms with Gasteiger partial charge >= 0.3 is 0 Å². The molecule has 0 radical (unpaired) electrons. The third-order valence-corrected chi connectivity index (χ3v) is 12.6. The van der Waals surface area contributed by atoms with E-state index >= 15 is 0 Å². The lowest BCUT2D eigenvalue weighted by Gasteiger charge is -2.14. The van der Waals surface area contributed by atoms with Gasteiger partial charge in [0.25, 0.3) is 0 Å². The van der Waals surface area contributed by atoms with Crippen molar-refractivity contribution in [2.45, 2.75) is 0 Å².